The third-order valence-corrected chi connectivity index (χ3v) is 5.77. The van der Waals surface area contributed by atoms with E-state index in [0.717, 1.165) is 37.7 Å². The van der Waals surface area contributed by atoms with Crippen molar-refractivity contribution in [3.8, 4) is 0 Å². The number of nitrogens with one attached hydrogen (secondary N) is 1. The Hall–Kier alpha value is -1.33. The quantitative estimate of drug-likeness (QED) is 0.907. The predicted molar refractivity (Wildman–Crippen MR) is 93.1 cm³/mol. The summed E-state index contributed by atoms with van der Waals surface area (Å²) in [5, 5.41) is 3.99. The Balaban J connectivity index is 1.43. The Bertz CT molecular complexity index is 584. The molecule has 1 amide bonds. The number of aromatic nitrogens is 1. The number of halogens is 1. The Morgan fingerprint density at radius 2 is 2.00 bits per heavy atom. The van der Waals surface area contributed by atoms with E-state index in [1.165, 1.54) is 12.8 Å². The fourth-order valence-corrected chi connectivity index (χ4v) is 4.10. The Labute approximate surface area is 147 Å². The molecule has 0 unspecified atom stereocenters. The second kappa shape index (κ2) is 6.89. The van der Waals surface area contributed by atoms with Crippen LogP contribution in [0.1, 0.15) is 25.7 Å². The van der Waals surface area contributed by atoms with Gasteiger partial charge in [0, 0.05) is 44.3 Å². The molecule has 0 bridgehead atoms. The Morgan fingerprint density at radius 1 is 1.21 bits per heavy atom. The molecule has 24 heavy (non-hydrogen) atoms. The van der Waals surface area contributed by atoms with Crippen molar-refractivity contribution < 1.29 is 9.53 Å². The zero-order chi connectivity index (χ0) is 16.5. The summed E-state index contributed by atoms with van der Waals surface area (Å²) >= 11 is 5.94. The number of nitrogens with zero attached hydrogens (tertiary/aromatic N) is 2. The number of anilines is 1. The van der Waals surface area contributed by atoms with E-state index >= 15 is 0 Å². The van der Waals surface area contributed by atoms with Crippen LogP contribution in [0.5, 0.6) is 0 Å². The molecule has 0 spiro atoms. The fraction of sp³-hybridized carbons (Fsp3) is 0.667. The van der Waals surface area contributed by atoms with E-state index in [1.54, 1.807) is 6.20 Å². The first kappa shape index (κ1) is 16.2. The number of amides is 1. The van der Waals surface area contributed by atoms with Crippen molar-refractivity contribution in [3.05, 3.63) is 23.4 Å². The maximum Gasteiger partial charge on any atom is 0.223 e. The van der Waals surface area contributed by atoms with Crippen LogP contribution in [-0.4, -0.2) is 43.2 Å². The third-order valence-electron chi connectivity index (χ3n) is 5.55. The number of ether oxygens (including phenoxy) is 1. The van der Waals surface area contributed by atoms with Crippen LogP contribution in [0, 0.1) is 17.8 Å². The number of hydrogen-bond acceptors (Lipinski definition) is 4. The van der Waals surface area contributed by atoms with Crippen LogP contribution in [-0.2, 0) is 9.53 Å². The maximum atomic E-state index is 12.6. The summed E-state index contributed by atoms with van der Waals surface area (Å²) in [6, 6.07) is 4.07. The summed E-state index contributed by atoms with van der Waals surface area (Å²) in [5.41, 5.74) is 0. The molecule has 2 atom stereocenters. The lowest BCUT2D eigenvalue weighted by molar-refractivity contribution is -0.128. The normalized spacial score (nSPS) is 28.1. The molecule has 0 aromatic carbocycles. The van der Waals surface area contributed by atoms with Gasteiger partial charge in [0.05, 0.1) is 11.1 Å². The zero-order valence-electron chi connectivity index (χ0n) is 13.8. The van der Waals surface area contributed by atoms with Gasteiger partial charge < -0.3 is 15.0 Å². The molecule has 3 aliphatic rings. The largest absolute Gasteiger partial charge is 0.381 e. The van der Waals surface area contributed by atoms with Crippen LogP contribution in [0.25, 0.3) is 0 Å². The zero-order valence-corrected chi connectivity index (χ0v) is 14.5. The van der Waals surface area contributed by atoms with Gasteiger partial charge in [-0.15, -0.1) is 0 Å². The lowest BCUT2D eigenvalue weighted by Crippen LogP contribution is -2.45. The fourth-order valence-electron chi connectivity index (χ4n) is 3.99. The number of rotatable bonds is 4. The van der Waals surface area contributed by atoms with Gasteiger partial charge in [0.15, 0.2) is 0 Å². The molecule has 0 radical (unpaired) electrons. The van der Waals surface area contributed by atoms with E-state index in [0.29, 0.717) is 24.2 Å². The standard InChI is InChI=1S/C18H24ClN3O2/c19-14-3-4-17(20-9-14)22-10-15(12-1-2-12)16(11-22)21-18(23)13-5-7-24-8-6-13/h3-4,9,12-13,15-16H,1-2,5-8,10-11H2,(H,21,23)/t15-,16+/m1/s1. The highest BCUT2D eigenvalue weighted by atomic mass is 35.5. The van der Waals surface area contributed by atoms with Crippen molar-refractivity contribution in [1.82, 2.24) is 10.3 Å². The first-order valence-corrected chi connectivity index (χ1v) is 9.33. The van der Waals surface area contributed by atoms with Crippen LogP contribution < -0.4 is 10.2 Å². The van der Waals surface area contributed by atoms with E-state index in [-0.39, 0.29) is 17.9 Å². The van der Waals surface area contributed by atoms with Crippen molar-refractivity contribution in [3.63, 3.8) is 0 Å². The maximum absolute atomic E-state index is 12.6. The molecule has 6 heteroatoms. The topological polar surface area (TPSA) is 54.5 Å². The first-order chi connectivity index (χ1) is 11.7. The smallest absolute Gasteiger partial charge is 0.223 e. The predicted octanol–water partition coefficient (Wildman–Crippen LogP) is 2.49. The summed E-state index contributed by atoms with van der Waals surface area (Å²) in [4.78, 5) is 19.3. The monoisotopic (exact) mass is 349 g/mol. The van der Waals surface area contributed by atoms with Crippen LogP contribution in [0.4, 0.5) is 5.82 Å². The summed E-state index contributed by atoms with van der Waals surface area (Å²) in [7, 11) is 0. The second-order valence-corrected chi connectivity index (χ2v) is 7.68. The van der Waals surface area contributed by atoms with Gasteiger partial charge in [-0.3, -0.25) is 4.79 Å². The van der Waals surface area contributed by atoms with Crippen LogP contribution in [0.3, 0.4) is 0 Å². The molecule has 3 fully saturated rings. The average molecular weight is 350 g/mol. The van der Waals surface area contributed by atoms with E-state index in [4.69, 9.17) is 16.3 Å². The van der Waals surface area contributed by atoms with Gasteiger partial charge in [-0.05, 0) is 43.7 Å². The minimum atomic E-state index is 0.112. The lowest BCUT2D eigenvalue weighted by Gasteiger charge is -2.25. The van der Waals surface area contributed by atoms with E-state index < -0.39 is 0 Å². The molecule has 5 nitrogen and oxygen atoms in total. The van der Waals surface area contributed by atoms with Crippen molar-refractivity contribution in [2.24, 2.45) is 17.8 Å². The highest BCUT2D eigenvalue weighted by molar-refractivity contribution is 6.30. The number of carbonyl (C=O) groups excluding carboxylic acids is 1. The Morgan fingerprint density at radius 3 is 2.67 bits per heavy atom. The summed E-state index contributed by atoms with van der Waals surface area (Å²) in [6.07, 6.45) is 5.95. The lowest BCUT2D eigenvalue weighted by atomic mass is 9.95. The molecule has 1 N–H and O–H groups in total. The van der Waals surface area contributed by atoms with Gasteiger partial charge in [0.25, 0.3) is 0 Å². The van der Waals surface area contributed by atoms with Gasteiger partial charge in [-0.2, -0.15) is 0 Å². The van der Waals surface area contributed by atoms with Crippen LogP contribution in [0.2, 0.25) is 5.02 Å². The first-order valence-electron chi connectivity index (χ1n) is 8.95. The van der Waals surface area contributed by atoms with Crippen molar-refractivity contribution in [2.45, 2.75) is 31.7 Å². The summed E-state index contributed by atoms with van der Waals surface area (Å²) < 4.78 is 5.37. The van der Waals surface area contributed by atoms with Crippen LogP contribution in [0.15, 0.2) is 18.3 Å². The van der Waals surface area contributed by atoms with Crippen LogP contribution >= 0.6 is 11.6 Å². The minimum absolute atomic E-state index is 0.112. The third kappa shape index (κ3) is 3.52. The number of hydrogen-bond donors (Lipinski definition) is 1. The van der Waals surface area contributed by atoms with Gasteiger partial charge >= 0.3 is 0 Å². The Kier molecular flexibility index (Phi) is 4.63. The highest BCUT2D eigenvalue weighted by Crippen LogP contribution is 2.42. The summed E-state index contributed by atoms with van der Waals surface area (Å²) in [6.45, 7) is 3.22. The van der Waals surface area contributed by atoms with E-state index in [9.17, 15) is 4.79 Å². The molecule has 1 aromatic heterocycles. The van der Waals surface area contributed by atoms with E-state index in [1.807, 2.05) is 12.1 Å². The van der Waals surface area contributed by atoms with E-state index in [2.05, 4.69) is 15.2 Å². The minimum Gasteiger partial charge on any atom is -0.381 e. The number of pyridine rings is 1. The van der Waals surface area contributed by atoms with Gasteiger partial charge in [0.2, 0.25) is 5.91 Å². The molecule has 1 aliphatic carbocycles. The molecular weight excluding hydrogens is 326 g/mol. The average Bonchev–Trinajstić information content (AvgIpc) is 3.37. The van der Waals surface area contributed by atoms with Crippen molar-refractivity contribution in [1.29, 1.82) is 0 Å². The molecule has 2 aliphatic heterocycles. The molecule has 1 aromatic rings. The highest BCUT2D eigenvalue weighted by Gasteiger charge is 2.43. The summed E-state index contributed by atoms with van der Waals surface area (Å²) in [5.74, 6) is 2.56. The molecule has 1 saturated carbocycles. The molecule has 4 rings (SSSR count). The van der Waals surface area contributed by atoms with Gasteiger partial charge in [0.1, 0.15) is 5.82 Å². The van der Waals surface area contributed by atoms with Crippen molar-refractivity contribution in [2.75, 3.05) is 31.2 Å². The molecular formula is C18H24ClN3O2. The van der Waals surface area contributed by atoms with Gasteiger partial charge in [-0.25, -0.2) is 4.98 Å². The van der Waals surface area contributed by atoms with Gasteiger partial charge in [-0.1, -0.05) is 11.6 Å². The molecule has 130 valence electrons. The molecule has 2 saturated heterocycles. The second-order valence-electron chi connectivity index (χ2n) is 7.24. The SMILES string of the molecule is O=C(N[C@H]1CN(c2ccc(Cl)cn2)C[C@@H]1C1CC1)C1CCOCC1. The molecule has 3 heterocycles. The van der Waals surface area contributed by atoms with Crippen molar-refractivity contribution >= 4 is 23.3 Å². The number of carbonyl (C=O) groups is 1.